The molecule has 0 N–H and O–H groups in total. The molecule has 0 spiro atoms. The third-order valence-electron chi connectivity index (χ3n) is 12.7. The van der Waals surface area contributed by atoms with Gasteiger partial charge in [0.05, 0.1) is 5.41 Å². The molecule has 64 heavy (non-hydrogen) atoms. The van der Waals surface area contributed by atoms with Gasteiger partial charge in [-0.05, 0) is 63.7 Å². The molecule has 13 rings (SSSR count). The second kappa shape index (κ2) is 14.2. The van der Waals surface area contributed by atoms with Crippen LogP contribution in [-0.4, -0.2) is 15.0 Å². The van der Waals surface area contributed by atoms with Crippen molar-refractivity contribution >= 4 is 21.9 Å². The first kappa shape index (κ1) is 36.1. The molecule has 0 radical (unpaired) electrons. The summed E-state index contributed by atoms with van der Waals surface area (Å²) in [5, 5.41) is 2.20. The topological polar surface area (TPSA) is 70.3 Å². The fourth-order valence-electron chi connectivity index (χ4n) is 9.83. The van der Waals surface area contributed by atoms with Gasteiger partial charge in [0.1, 0.15) is 11.2 Å². The molecule has 0 fully saturated rings. The number of hydrogen-bond acceptors (Lipinski definition) is 6. The summed E-state index contributed by atoms with van der Waals surface area (Å²) in [6, 6.07) is 73.1. The monoisotopic (exact) mass is 821 g/mol. The van der Waals surface area contributed by atoms with E-state index in [-0.39, 0.29) is 0 Å². The zero-order valence-electron chi connectivity index (χ0n) is 34.3. The van der Waals surface area contributed by atoms with Crippen LogP contribution in [0.3, 0.4) is 0 Å². The lowest BCUT2D eigenvalue weighted by Crippen LogP contribution is -2.28. The van der Waals surface area contributed by atoms with Crippen LogP contribution >= 0.6 is 0 Å². The summed E-state index contributed by atoms with van der Waals surface area (Å²) >= 11 is 0. The van der Waals surface area contributed by atoms with Crippen molar-refractivity contribution < 1.29 is 13.9 Å². The number of hydrogen-bond donors (Lipinski definition) is 0. The quantitative estimate of drug-likeness (QED) is 0.166. The first-order valence-electron chi connectivity index (χ1n) is 21.4. The molecule has 1 aliphatic heterocycles. The zero-order valence-corrected chi connectivity index (χ0v) is 34.3. The average molecular weight is 822 g/mol. The van der Waals surface area contributed by atoms with Crippen molar-refractivity contribution in [2.45, 2.75) is 5.41 Å². The Kier molecular flexibility index (Phi) is 8.02. The molecule has 6 nitrogen and oxygen atoms in total. The third kappa shape index (κ3) is 5.49. The highest BCUT2D eigenvalue weighted by molar-refractivity contribution is 6.09. The minimum atomic E-state index is -0.549. The van der Waals surface area contributed by atoms with E-state index in [1.807, 2.05) is 72.8 Å². The molecular weight excluding hydrogens is 787 g/mol. The van der Waals surface area contributed by atoms with Crippen LogP contribution in [0, 0.1) is 0 Å². The van der Waals surface area contributed by atoms with E-state index in [1.54, 1.807) is 0 Å². The van der Waals surface area contributed by atoms with Crippen molar-refractivity contribution in [3.63, 3.8) is 0 Å². The highest BCUT2D eigenvalue weighted by atomic mass is 16.6. The third-order valence-corrected chi connectivity index (χ3v) is 12.7. The molecule has 2 aromatic heterocycles. The van der Waals surface area contributed by atoms with Crippen molar-refractivity contribution in [3.8, 4) is 79.4 Å². The summed E-state index contributed by atoms with van der Waals surface area (Å²) in [6.07, 6.45) is 0. The molecule has 0 unspecified atom stereocenters. The molecule has 3 heterocycles. The van der Waals surface area contributed by atoms with Crippen molar-refractivity contribution in [3.05, 3.63) is 235 Å². The Morgan fingerprint density at radius 1 is 0.359 bits per heavy atom. The minimum absolute atomic E-state index is 0.524. The van der Waals surface area contributed by atoms with Gasteiger partial charge in [0.25, 0.3) is 0 Å². The summed E-state index contributed by atoms with van der Waals surface area (Å²) in [6.45, 7) is 0. The molecule has 0 saturated heterocycles. The van der Waals surface area contributed by atoms with Crippen molar-refractivity contribution in [2.75, 3.05) is 0 Å². The number of benzene rings is 9. The smallest absolute Gasteiger partial charge is 0.178 e. The number of furan rings is 1. The maximum atomic E-state index is 6.93. The Hall–Kier alpha value is -8.61. The number of para-hydroxylation sites is 2. The second-order valence-corrected chi connectivity index (χ2v) is 16.2. The molecule has 0 amide bonds. The molecule has 0 bridgehead atoms. The van der Waals surface area contributed by atoms with Gasteiger partial charge in [-0.2, -0.15) is 0 Å². The number of aromatic nitrogens is 3. The molecule has 11 aromatic rings. The second-order valence-electron chi connectivity index (χ2n) is 16.2. The molecular formula is C58H35N3O3. The first-order valence-corrected chi connectivity index (χ1v) is 21.4. The number of fused-ring (bicyclic) bond motifs is 9. The molecule has 2 aliphatic rings. The normalized spacial score (nSPS) is 13.1. The van der Waals surface area contributed by atoms with E-state index in [0.717, 1.165) is 66.4 Å². The molecule has 6 heteroatoms. The molecule has 300 valence electrons. The van der Waals surface area contributed by atoms with Crippen LogP contribution < -0.4 is 9.47 Å². The van der Waals surface area contributed by atoms with Crippen molar-refractivity contribution in [2.24, 2.45) is 0 Å². The SMILES string of the molecule is c1ccc(-c2nc(-c3ccc(-c4cccc5c4oc4ccccc45)cc3)nc(-c3ccc4c(c3)Oc3ccc5c(c3O4)-c3ccccc3C5(c3ccccc3)c3ccccc3)n2)cc1. The van der Waals surface area contributed by atoms with E-state index >= 15 is 0 Å². The fraction of sp³-hybridized carbons (Fsp3) is 0.0172. The van der Waals surface area contributed by atoms with Gasteiger partial charge in [-0.15, -0.1) is 0 Å². The van der Waals surface area contributed by atoms with Gasteiger partial charge in [0, 0.05) is 38.6 Å². The van der Waals surface area contributed by atoms with Gasteiger partial charge < -0.3 is 13.9 Å². The Morgan fingerprint density at radius 3 is 1.67 bits per heavy atom. The lowest BCUT2D eigenvalue weighted by molar-refractivity contribution is 0.360. The lowest BCUT2D eigenvalue weighted by Gasteiger charge is -2.34. The molecule has 0 saturated carbocycles. The predicted octanol–water partition coefficient (Wildman–Crippen LogP) is 14.7. The summed E-state index contributed by atoms with van der Waals surface area (Å²) in [7, 11) is 0. The van der Waals surface area contributed by atoms with E-state index in [1.165, 1.54) is 16.7 Å². The highest BCUT2D eigenvalue weighted by Crippen LogP contribution is 2.62. The Morgan fingerprint density at radius 2 is 0.922 bits per heavy atom. The van der Waals surface area contributed by atoms with Gasteiger partial charge in [0.2, 0.25) is 0 Å². The number of ether oxygens (including phenoxy) is 2. The van der Waals surface area contributed by atoms with Crippen LogP contribution in [0.15, 0.2) is 217 Å². The molecule has 9 aromatic carbocycles. The maximum Gasteiger partial charge on any atom is 0.178 e. The highest BCUT2D eigenvalue weighted by Gasteiger charge is 2.48. The first-order chi connectivity index (χ1) is 31.7. The van der Waals surface area contributed by atoms with Crippen molar-refractivity contribution in [1.82, 2.24) is 15.0 Å². The van der Waals surface area contributed by atoms with E-state index in [9.17, 15) is 0 Å². The Balaban J connectivity index is 0.891. The molecule has 1 aliphatic carbocycles. The van der Waals surface area contributed by atoms with Crippen LogP contribution in [-0.2, 0) is 5.41 Å². The van der Waals surface area contributed by atoms with Crippen LogP contribution in [0.5, 0.6) is 23.0 Å². The zero-order chi connectivity index (χ0) is 42.2. The van der Waals surface area contributed by atoms with E-state index in [4.69, 9.17) is 28.8 Å². The Bertz CT molecular complexity index is 3570. The maximum absolute atomic E-state index is 6.93. The molecule has 0 atom stereocenters. The van der Waals surface area contributed by atoms with E-state index in [2.05, 4.69) is 140 Å². The standard InChI is InChI=1S/C58H35N3O3/c1-4-15-37(16-5-1)55-59-56(38-29-27-36(28-30-38)42-23-14-24-44-43-21-11-13-26-48(43)63-53(42)44)61-57(60-55)39-31-33-49-51(35-39)62-50-34-32-47-52(54(50)64-49)45-22-10-12-25-46(45)58(47,40-17-6-2-7-18-40)41-19-8-3-9-20-41/h1-35H. The van der Waals surface area contributed by atoms with Crippen LogP contribution in [0.25, 0.3) is 78.4 Å². The van der Waals surface area contributed by atoms with Gasteiger partial charge >= 0.3 is 0 Å². The summed E-state index contributed by atoms with van der Waals surface area (Å²) < 4.78 is 20.1. The van der Waals surface area contributed by atoms with Gasteiger partial charge in [0.15, 0.2) is 40.5 Å². The van der Waals surface area contributed by atoms with E-state index < -0.39 is 5.41 Å². The minimum Gasteiger partial charge on any atom is -0.455 e. The predicted molar refractivity (Wildman–Crippen MR) is 253 cm³/mol. The van der Waals surface area contributed by atoms with Crippen LogP contribution in [0.4, 0.5) is 0 Å². The largest absolute Gasteiger partial charge is 0.455 e. The summed E-state index contributed by atoms with van der Waals surface area (Å²) in [5.41, 5.74) is 12.7. The van der Waals surface area contributed by atoms with Crippen LogP contribution in [0.1, 0.15) is 22.3 Å². The summed E-state index contributed by atoms with van der Waals surface area (Å²) in [5.74, 6) is 4.21. The number of nitrogens with zero attached hydrogens (tertiary/aromatic N) is 3. The van der Waals surface area contributed by atoms with Crippen LogP contribution in [0.2, 0.25) is 0 Å². The summed E-state index contributed by atoms with van der Waals surface area (Å²) in [4.78, 5) is 15.1. The average Bonchev–Trinajstić information content (AvgIpc) is 3.91. The van der Waals surface area contributed by atoms with Gasteiger partial charge in [-0.25, -0.2) is 15.0 Å². The van der Waals surface area contributed by atoms with Gasteiger partial charge in [-0.3, -0.25) is 0 Å². The fourth-order valence-corrected chi connectivity index (χ4v) is 9.83. The Labute approximate surface area is 368 Å². The lowest BCUT2D eigenvalue weighted by atomic mass is 9.68. The van der Waals surface area contributed by atoms with Crippen molar-refractivity contribution in [1.29, 1.82) is 0 Å². The van der Waals surface area contributed by atoms with E-state index in [0.29, 0.717) is 40.5 Å². The number of rotatable bonds is 6. The van der Waals surface area contributed by atoms with Gasteiger partial charge in [-0.1, -0.05) is 182 Å².